The molecule has 1 saturated carbocycles. The number of anilines is 2. The zero-order valence-electron chi connectivity index (χ0n) is 23.5. The quantitative estimate of drug-likeness (QED) is 0.411. The van der Waals surface area contributed by atoms with Crippen molar-refractivity contribution in [2.24, 2.45) is 0 Å². The average Bonchev–Trinajstić information content (AvgIpc) is 3.58. The Balaban J connectivity index is 0.000000220. The first-order chi connectivity index (χ1) is 20.6. The molecule has 0 spiro atoms. The molecule has 0 bridgehead atoms. The predicted molar refractivity (Wildman–Crippen MR) is 153 cm³/mol. The van der Waals surface area contributed by atoms with Crippen molar-refractivity contribution in [1.82, 2.24) is 10.3 Å². The largest absolute Gasteiger partial charge is 0.351 e. The number of alkyl halides is 2. The van der Waals surface area contributed by atoms with E-state index in [2.05, 4.69) is 10.3 Å². The first-order valence-electron chi connectivity index (χ1n) is 14.0. The standard InChI is InChI=1S/C22H21F3N2O2.C10H9N3O/c1-14-4-2-7-19-18(14)8-9-22(19,20(29)26-16-11-21(24,25)12-16)27(13-28)17-6-3-5-15(23)10-17;11-7-8-3-4-12-9(6-8)13-5-1-2-10(13)14/h2-7,10,13,16H,8-9,11-12H2,1H3,(H,26,29);3-4,6H,1-2,5H2. The minimum absolute atomic E-state index is 0.0904. The highest BCUT2D eigenvalue weighted by Gasteiger charge is 2.53. The molecule has 222 valence electrons. The number of nitrogens with one attached hydrogen (secondary N) is 1. The second kappa shape index (κ2) is 11.9. The van der Waals surface area contributed by atoms with Gasteiger partial charge in [0.1, 0.15) is 11.6 Å². The maximum absolute atomic E-state index is 13.9. The Morgan fingerprint density at radius 3 is 2.58 bits per heavy atom. The number of hydrogen-bond donors (Lipinski definition) is 1. The topological polar surface area (TPSA) is 106 Å². The van der Waals surface area contributed by atoms with E-state index in [9.17, 15) is 27.6 Å². The molecule has 1 unspecified atom stereocenters. The van der Waals surface area contributed by atoms with Crippen molar-refractivity contribution < 1.29 is 27.6 Å². The zero-order valence-corrected chi connectivity index (χ0v) is 23.5. The fraction of sp³-hybridized carbons (Fsp3) is 0.344. The highest BCUT2D eigenvalue weighted by atomic mass is 19.3. The van der Waals surface area contributed by atoms with Gasteiger partial charge in [-0.15, -0.1) is 0 Å². The molecule has 8 nitrogen and oxygen atoms in total. The molecule has 3 aliphatic rings. The Hall–Kier alpha value is -4.72. The summed E-state index contributed by atoms with van der Waals surface area (Å²) in [5, 5.41) is 11.4. The van der Waals surface area contributed by atoms with Gasteiger partial charge in [0.2, 0.25) is 12.3 Å². The summed E-state index contributed by atoms with van der Waals surface area (Å²) in [4.78, 5) is 44.0. The van der Waals surface area contributed by atoms with Gasteiger partial charge in [0.15, 0.2) is 5.54 Å². The summed E-state index contributed by atoms with van der Waals surface area (Å²) in [6.07, 6.45) is 3.52. The summed E-state index contributed by atoms with van der Waals surface area (Å²) in [6.45, 7) is 2.63. The first kappa shape index (κ1) is 29.8. The summed E-state index contributed by atoms with van der Waals surface area (Å²) in [5.41, 5.74) is 1.94. The maximum Gasteiger partial charge on any atom is 0.252 e. The van der Waals surface area contributed by atoms with Crippen LogP contribution in [0.25, 0.3) is 0 Å². The lowest BCUT2D eigenvalue weighted by Crippen LogP contribution is -2.60. The molecule has 2 aromatic carbocycles. The van der Waals surface area contributed by atoms with Gasteiger partial charge in [-0.25, -0.2) is 18.2 Å². The van der Waals surface area contributed by atoms with Crippen LogP contribution in [-0.2, 0) is 26.3 Å². The third kappa shape index (κ3) is 5.82. The third-order valence-corrected chi connectivity index (χ3v) is 8.22. The van der Waals surface area contributed by atoms with Crippen molar-refractivity contribution in [3.05, 3.63) is 88.9 Å². The molecule has 1 N–H and O–H groups in total. The van der Waals surface area contributed by atoms with Gasteiger partial charge in [-0.2, -0.15) is 5.26 Å². The Labute approximate surface area is 247 Å². The predicted octanol–water partition coefficient (Wildman–Crippen LogP) is 4.93. The van der Waals surface area contributed by atoms with E-state index in [0.29, 0.717) is 42.7 Å². The number of nitrogens with zero attached hydrogens (tertiary/aromatic N) is 4. The SMILES string of the molecule is Cc1cccc2c1CCC2(C(=O)NC1CC(F)(F)C1)N(C=O)c1cccc(F)c1.N#Cc1ccnc(N2CCCC2=O)c1. The number of benzene rings is 2. The van der Waals surface area contributed by atoms with Crippen molar-refractivity contribution in [2.45, 2.75) is 63.0 Å². The van der Waals surface area contributed by atoms with Crippen LogP contribution in [0.15, 0.2) is 60.8 Å². The van der Waals surface area contributed by atoms with Gasteiger partial charge in [0.05, 0.1) is 11.6 Å². The number of pyridine rings is 1. The van der Waals surface area contributed by atoms with Crippen molar-refractivity contribution in [3.8, 4) is 6.07 Å². The van der Waals surface area contributed by atoms with Crippen LogP contribution in [0, 0.1) is 24.1 Å². The van der Waals surface area contributed by atoms with Crippen molar-refractivity contribution in [2.75, 3.05) is 16.3 Å². The molecule has 3 aromatic rings. The number of aryl methyl sites for hydroxylation is 1. The van der Waals surface area contributed by atoms with Crippen molar-refractivity contribution >= 4 is 29.7 Å². The van der Waals surface area contributed by atoms with E-state index in [-0.39, 0.29) is 18.0 Å². The van der Waals surface area contributed by atoms with Gasteiger partial charge in [-0.05, 0) is 73.2 Å². The number of aromatic nitrogens is 1. The summed E-state index contributed by atoms with van der Waals surface area (Å²) in [5.74, 6) is -3.15. The van der Waals surface area contributed by atoms with E-state index in [1.165, 1.54) is 23.1 Å². The van der Waals surface area contributed by atoms with E-state index in [4.69, 9.17) is 5.26 Å². The van der Waals surface area contributed by atoms with Gasteiger partial charge >= 0.3 is 0 Å². The van der Waals surface area contributed by atoms with Crippen LogP contribution in [0.5, 0.6) is 0 Å². The monoisotopic (exact) mass is 589 g/mol. The first-order valence-corrected chi connectivity index (χ1v) is 14.0. The smallest absolute Gasteiger partial charge is 0.252 e. The molecule has 0 radical (unpaired) electrons. The average molecular weight is 590 g/mol. The van der Waals surface area contributed by atoms with Gasteiger partial charge in [-0.1, -0.05) is 24.3 Å². The lowest BCUT2D eigenvalue weighted by molar-refractivity contribution is -0.135. The molecule has 11 heteroatoms. The highest BCUT2D eigenvalue weighted by molar-refractivity contribution is 5.99. The summed E-state index contributed by atoms with van der Waals surface area (Å²) < 4.78 is 40.4. The zero-order chi connectivity index (χ0) is 30.8. The Bertz CT molecular complexity index is 1600. The number of carbonyl (C=O) groups is 3. The molecule has 1 aliphatic heterocycles. The molecule has 43 heavy (non-hydrogen) atoms. The van der Waals surface area contributed by atoms with Gasteiger partial charge in [0.25, 0.3) is 11.8 Å². The Morgan fingerprint density at radius 2 is 1.93 bits per heavy atom. The number of carbonyl (C=O) groups excluding carboxylic acids is 3. The maximum atomic E-state index is 13.9. The molecule has 1 aromatic heterocycles. The molecular formula is C32H30F3N5O3. The Morgan fingerprint density at radius 1 is 1.16 bits per heavy atom. The third-order valence-electron chi connectivity index (χ3n) is 8.22. The van der Waals surface area contributed by atoms with E-state index >= 15 is 0 Å². The summed E-state index contributed by atoms with van der Waals surface area (Å²) in [6, 6.07) is 15.6. The molecule has 2 fully saturated rings. The second-order valence-electron chi connectivity index (χ2n) is 11.0. The van der Waals surface area contributed by atoms with Gasteiger partial charge in [-0.3, -0.25) is 24.2 Å². The Kier molecular flexibility index (Phi) is 8.22. The minimum atomic E-state index is -2.78. The van der Waals surface area contributed by atoms with Crippen LogP contribution in [0.3, 0.4) is 0 Å². The summed E-state index contributed by atoms with van der Waals surface area (Å²) >= 11 is 0. The number of halogens is 3. The molecule has 3 amide bonds. The van der Waals surface area contributed by atoms with Crippen LogP contribution in [0.1, 0.15) is 54.4 Å². The number of fused-ring (bicyclic) bond motifs is 1. The van der Waals surface area contributed by atoms with Crippen LogP contribution in [-0.4, -0.2) is 41.7 Å². The van der Waals surface area contributed by atoms with E-state index in [1.807, 2.05) is 19.1 Å². The van der Waals surface area contributed by atoms with Crippen molar-refractivity contribution in [1.29, 1.82) is 5.26 Å². The van der Waals surface area contributed by atoms with Crippen LogP contribution in [0.4, 0.5) is 24.7 Å². The fourth-order valence-electron chi connectivity index (χ4n) is 6.05. The number of nitriles is 1. The molecule has 2 heterocycles. The van der Waals surface area contributed by atoms with Crippen molar-refractivity contribution in [3.63, 3.8) is 0 Å². The van der Waals surface area contributed by atoms with Crippen LogP contribution in [0.2, 0.25) is 0 Å². The molecule has 6 rings (SSSR count). The minimum Gasteiger partial charge on any atom is -0.351 e. The van der Waals surface area contributed by atoms with Crippen LogP contribution >= 0.6 is 0 Å². The second-order valence-corrected chi connectivity index (χ2v) is 11.0. The fourth-order valence-corrected chi connectivity index (χ4v) is 6.05. The van der Waals surface area contributed by atoms with Crippen LogP contribution < -0.4 is 15.1 Å². The molecular weight excluding hydrogens is 559 g/mol. The molecule has 1 atom stereocenters. The van der Waals surface area contributed by atoms with E-state index in [0.717, 1.165) is 17.5 Å². The number of rotatable bonds is 6. The number of amides is 3. The normalized spacial score (nSPS) is 20.3. The number of hydrogen-bond acceptors (Lipinski definition) is 5. The van der Waals surface area contributed by atoms with Gasteiger partial charge in [0, 0.05) is 43.7 Å². The lowest BCUT2D eigenvalue weighted by Gasteiger charge is -2.42. The lowest BCUT2D eigenvalue weighted by atomic mass is 9.84. The van der Waals surface area contributed by atoms with E-state index < -0.39 is 42.1 Å². The van der Waals surface area contributed by atoms with E-state index in [1.54, 1.807) is 41.4 Å². The molecule has 1 saturated heterocycles. The molecule has 2 aliphatic carbocycles. The van der Waals surface area contributed by atoms with Gasteiger partial charge < -0.3 is 5.32 Å². The highest BCUT2D eigenvalue weighted by Crippen LogP contribution is 2.46. The summed E-state index contributed by atoms with van der Waals surface area (Å²) in [7, 11) is 0.